The van der Waals surface area contributed by atoms with Crippen molar-refractivity contribution in [1.29, 1.82) is 0 Å². The fraction of sp³-hybridized carbons (Fsp3) is 0.316. The lowest BCUT2D eigenvalue weighted by Crippen LogP contribution is -2.36. The number of anilines is 1. The number of nitrogens with zero attached hydrogens (tertiary/aromatic N) is 2. The zero-order valence-electron chi connectivity index (χ0n) is 15.7. The Morgan fingerprint density at radius 3 is 2.48 bits per heavy atom. The molecule has 0 saturated carbocycles. The Morgan fingerprint density at radius 2 is 1.83 bits per heavy atom. The van der Waals surface area contributed by atoms with Crippen LogP contribution in [-0.4, -0.2) is 36.6 Å². The summed E-state index contributed by atoms with van der Waals surface area (Å²) in [7, 11) is -4.06. The number of nitro benzene ring substituents is 1. The van der Waals surface area contributed by atoms with Crippen LogP contribution in [0.25, 0.3) is 0 Å². The molecule has 8 nitrogen and oxygen atoms in total. The Morgan fingerprint density at radius 1 is 1.14 bits per heavy atom. The minimum absolute atomic E-state index is 0.0621. The molecule has 1 amide bonds. The van der Waals surface area contributed by atoms with Gasteiger partial charge in [-0.15, -0.1) is 0 Å². The van der Waals surface area contributed by atoms with Crippen molar-refractivity contribution in [3.8, 4) is 0 Å². The number of nitrogens with one attached hydrogen (secondary N) is 1. The van der Waals surface area contributed by atoms with Gasteiger partial charge >= 0.3 is 0 Å². The first-order chi connectivity index (χ1) is 13.7. The van der Waals surface area contributed by atoms with Gasteiger partial charge in [0.1, 0.15) is 10.7 Å². The number of carbonyl (C=O) groups excluding carboxylic acids is 1. The van der Waals surface area contributed by atoms with Crippen molar-refractivity contribution in [3.63, 3.8) is 0 Å². The maximum Gasteiger partial charge on any atom is 0.271 e. The van der Waals surface area contributed by atoms with Gasteiger partial charge in [-0.2, -0.15) is 4.31 Å². The van der Waals surface area contributed by atoms with Gasteiger partial charge in [-0.1, -0.05) is 12.5 Å². The number of benzene rings is 2. The standard InChI is InChI=1S/C19H20FN3O5S/c1-13-5-7-15(23(25)26)12-17(13)21-19(24)14-6-8-16(20)18(11-14)29(27,28)22-9-3-2-4-10-22/h5-8,11-12H,2-4,9-10H2,1H3,(H,21,24). The van der Waals surface area contributed by atoms with Crippen LogP contribution in [-0.2, 0) is 10.0 Å². The minimum Gasteiger partial charge on any atom is -0.321 e. The molecule has 0 radical (unpaired) electrons. The summed E-state index contributed by atoms with van der Waals surface area (Å²) in [5, 5.41) is 13.5. The highest BCUT2D eigenvalue weighted by atomic mass is 32.2. The summed E-state index contributed by atoms with van der Waals surface area (Å²) in [6.07, 6.45) is 2.32. The Hall–Kier alpha value is -2.85. The van der Waals surface area contributed by atoms with Crippen LogP contribution in [0.5, 0.6) is 0 Å². The summed E-state index contributed by atoms with van der Waals surface area (Å²) in [5.74, 6) is -1.62. The van der Waals surface area contributed by atoms with Crippen LogP contribution in [0.1, 0.15) is 35.2 Å². The zero-order chi connectivity index (χ0) is 21.2. The number of hydrogen-bond acceptors (Lipinski definition) is 5. The van der Waals surface area contributed by atoms with Crippen LogP contribution in [0.2, 0.25) is 0 Å². The topological polar surface area (TPSA) is 110 Å². The quantitative estimate of drug-likeness (QED) is 0.587. The fourth-order valence-electron chi connectivity index (χ4n) is 3.14. The molecule has 29 heavy (non-hydrogen) atoms. The molecule has 0 unspecified atom stereocenters. The second-order valence-corrected chi connectivity index (χ2v) is 8.73. The van der Waals surface area contributed by atoms with E-state index in [1.54, 1.807) is 6.92 Å². The van der Waals surface area contributed by atoms with E-state index in [-0.39, 0.29) is 16.9 Å². The summed E-state index contributed by atoms with van der Waals surface area (Å²) < 4.78 is 41.1. The first kappa shape index (κ1) is 20.9. The van der Waals surface area contributed by atoms with E-state index in [1.165, 1.54) is 28.6 Å². The van der Waals surface area contributed by atoms with Crippen molar-refractivity contribution in [2.75, 3.05) is 18.4 Å². The van der Waals surface area contributed by atoms with Gasteiger partial charge in [0, 0.05) is 30.8 Å². The molecule has 1 N–H and O–H groups in total. The van der Waals surface area contributed by atoms with Crippen molar-refractivity contribution >= 4 is 27.3 Å². The second-order valence-electron chi connectivity index (χ2n) is 6.82. The molecule has 10 heteroatoms. The average molecular weight is 421 g/mol. The highest BCUT2D eigenvalue weighted by Gasteiger charge is 2.29. The van der Waals surface area contributed by atoms with E-state index in [0.717, 1.165) is 18.6 Å². The van der Waals surface area contributed by atoms with Gasteiger partial charge in [-0.25, -0.2) is 12.8 Å². The SMILES string of the molecule is Cc1ccc([N+](=O)[O-])cc1NC(=O)c1ccc(F)c(S(=O)(=O)N2CCCCC2)c1. The largest absolute Gasteiger partial charge is 0.321 e. The van der Waals surface area contributed by atoms with E-state index >= 15 is 0 Å². The molecule has 1 saturated heterocycles. The monoisotopic (exact) mass is 421 g/mol. The maximum absolute atomic E-state index is 14.3. The number of halogens is 1. The van der Waals surface area contributed by atoms with Crippen LogP contribution in [0, 0.1) is 22.9 Å². The first-order valence-electron chi connectivity index (χ1n) is 9.06. The Bertz CT molecular complexity index is 1070. The van der Waals surface area contributed by atoms with E-state index in [4.69, 9.17) is 0 Å². The molecule has 0 bridgehead atoms. The normalized spacial score (nSPS) is 15.1. The molecule has 0 atom stereocenters. The molecule has 1 fully saturated rings. The highest BCUT2D eigenvalue weighted by molar-refractivity contribution is 7.89. The van der Waals surface area contributed by atoms with Gasteiger partial charge in [-0.05, 0) is 43.5 Å². The van der Waals surface area contributed by atoms with Crippen LogP contribution < -0.4 is 5.32 Å². The Kier molecular flexibility index (Phi) is 5.94. The fourth-order valence-corrected chi connectivity index (χ4v) is 4.75. The molecule has 0 aromatic heterocycles. The molecule has 2 aromatic carbocycles. The molecular weight excluding hydrogens is 401 g/mol. The number of piperidine rings is 1. The Labute approximate surface area is 167 Å². The third-order valence-electron chi connectivity index (χ3n) is 4.81. The van der Waals surface area contributed by atoms with Crippen LogP contribution in [0.15, 0.2) is 41.3 Å². The smallest absolute Gasteiger partial charge is 0.271 e. The molecule has 3 rings (SSSR count). The zero-order valence-corrected chi connectivity index (χ0v) is 16.5. The van der Waals surface area contributed by atoms with Crippen LogP contribution >= 0.6 is 0 Å². The van der Waals surface area contributed by atoms with Gasteiger partial charge in [-0.3, -0.25) is 14.9 Å². The lowest BCUT2D eigenvalue weighted by molar-refractivity contribution is -0.384. The minimum atomic E-state index is -4.06. The van der Waals surface area contributed by atoms with Crippen molar-refractivity contribution in [1.82, 2.24) is 4.31 Å². The lowest BCUT2D eigenvalue weighted by Gasteiger charge is -2.26. The summed E-state index contributed by atoms with van der Waals surface area (Å²) >= 11 is 0. The summed E-state index contributed by atoms with van der Waals surface area (Å²) in [6.45, 7) is 2.28. The predicted octanol–water partition coefficient (Wildman–Crippen LogP) is 3.47. The van der Waals surface area contributed by atoms with Crippen molar-refractivity contribution in [2.24, 2.45) is 0 Å². The van der Waals surface area contributed by atoms with Crippen molar-refractivity contribution < 1.29 is 22.5 Å². The number of hydrogen-bond donors (Lipinski definition) is 1. The number of aryl methyl sites for hydroxylation is 1. The van der Waals surface area contributed by atoms with Gasteiger partial charge in [0.15, 0.2) is 0 Å². The molecule has 1 aliphatic rings. The summed E-state index contributed by atoms with van der Waals surface area (Å²) in [5.41, 5.74) is 0.549. The number of amides is 1. The molecule has 2 aromatic rings. The van der Waals surface area contributed by atoms with Gasteiger partial charge in [0.05, 0.1) is 10.6 Å². The second kappa shape index (κ2) is 8.26. The average Bonchev–Trinajstić information content (AvgIpc) is 2.70. The number of carbonyl (C=O) groups is 1. The molecule has 1 aliphatic heterocycles. The highest BCUT2D eigenvalue weighted by Crippen LogP contribution is 2.26. The molecule has 1 heterocycles. The third-order valence-corrected chi connectivity index (χ3v) is 6.72. The van der Waals surface area contributed by atoms with Crippen LogP contribution in [0.4, 0.5) is 15.8 Å². The molecule has 0 aliphatic carbocycles. The number of nitro groups is 1. The van der Waals surface area contributed by atoms with E-state index in [2.05, 4.69) is 5.32 Å². The first-order valence-corrected chi connectivity index (χ1v) is 10.5. The summed E-state index contributed by atoms with van der Waals surface area (Å²) in [6, 6.07) is 7.12. The Balaban J connectivity index is 1.90. The maximum atomic E-state index is 14.3. The van der Waals surface area contributed by atoms with Crippen molar-refractivity contribution in [2.45, 2.75) is 31.1 Å². The molecular formula is C19H20FN3O5S. The van der Waals surface area contributed by atoms with Gasteiger partial charge < -0.3 is 5.32 Å². The van der Waals surface area contributed by atoms with E-state index in [0.29, 0.717) is 31.5 Å². The van der Waals surface area contributed by atoms with E-state index in [1.807, 2.05) is 0 Å². The predicted molar refractivity (Wildman–Crippen MR) is 105 cm³/mol. The number of sulfonamides is 1. The number of non-ortho nitro benzene ring substituents is 1. The molecule has 154 valence electrons. The number of rotatable bonds is 5. The van der Waals surface area contributed by atoms with E-state index < -0.39 is 31.6 Å². The molecule has 0 spiro atoms. The lowest BCUT2D eigenvalue weighted by atomic mass is 10.1. The van der Waals surface area contributed by atoms with Crippen molar-refractivity contribution in [3.05, 3.63) is 63.5 Å². The van der Waals surface area contributed by atoms with Crippen LogP contribution in [0.3, 0.4) is 0 Å². The third kappa shape index (κ3) is 4.43. The van der Waals surface area contributed by atoms with Gasteiger partial charge in [0.2, 0.25) is 10.0 Å². The van der Waals surface area contributed by atoms with E-state index in [9.17, 15) is 27.7 Å². The summed E-state index contributed by atoms with van der Waals surface area (Å²) in [4.78, 5) is 22.4. The van der Waals surface area contributed by atoms with Gasteiger partial charge in [0.25, 0.3) is 11.6 Å².